The predicted molar refractivity (Wildman–Crippen MR) is 294 cm³/mol. The number of aromatic amines is 2. The van der Waals surface area contributed by atoms with E-state index in [1.165, 1.54) is 10.9 Å². The number of nitrogens with zero attached hydrogens (tertiary/aromatic N) is 12. The molecular weight excluding hydrogens is 1020 g/mol. The summed E-state index contributed by atoms with van der Waals surface area (Å²) in [6, 6.07) is 22.2. The van der Waals surface area contributed by atoms with E-state index < -0.39 is 17.0 Å². The molecular formula is C57H63FN18O4. The van der Waals surface area contributed by atoms with Gasteiger partial charge in [0, 0.05) is 68.2 Å². The quantitative estimate of drug-likeness (QED) is 0.0526. The van der Waals surface area contributed by atoms with Gasteiger partial charge in [-0.25, -0.2) is 33.7 Å². The number of hydrogen-bond acceptors (Lipinski definition) is 16. The van der Waals surface area contributed by atoms with Gasteiger partial charge in [0.2, 0.25) is 0 Å². The van der Waals surface area contributed by atoms with Gasteiger partial charge in [0.05, 0.1) is 53.2 Å². The molecule has 2 amide bonds. The molecule has 0 unspecified atom stereocenters. The van der Waals surface area contributed by atoms with Gasteiger partial charge in [-0.1, -0.05) is 12.1 Å². The molecule has 80 heavy (non-hydrogen) atoms. The van der Waals surface area contributed by atoms with Crippen molar-refractivity contribution in [1.82, 2.24) is 70.5 Å². The maximum atomic E-state index is 13.5. The molecule has 412 valence electrons. The van der Waals surface area contributed by atoms with Gasteiger partial charge in [0.15, 0.2) is 29.1 Å². The van der Waals surface area contributed by atoms with E-state index in [0.29, 0.717) is 103 Å². The van der Waals surface area contributed by atoms with E-state index in [1.54, 1.807) is 67.8 Å². The predicted octanol–water partition coefficient (Wildman–Crippen LogP) is 8.91. The molecule has 2 saturated carbocycles. The smallest absolute Gasteiger partial charge is 0.252 e. The maximum absolute atomic E-state index is 13.5. The summed E-state index contributed by atoms with van der Waals surface area (Å²) in [5, 5.41) is 54.4. The number of pyridine rings is 4. The van der Waals surface area contributed by atoms with Crippen LogP contribution in [0.2, 0.25) is 0 Å². The molecule has 0 aromatic carbocycles. The van der Waals surface area contributed by atoms with Crippen LogP contribution in [-0.2, 0) is 19.1 Å². The van der Waals surface area contributed by atoms with Gasteiger partial charge in [-0.05, 0) is 139 Å². The van der Waals surface area contributed by atoms with Crippen molar-refractivity contribution in [3.63, 3.8) is 0 Å². The third-order valence-electron chi connectivity index (χ3n) is 15.0. The fraction of sp³-hybridized carbons (Fsp3) is 0.368. The Labute approximate surface area is 462 Å². The van der Waals surface area contributed by atoms with Gasteiger partial charge in [0.25, 0.3) is 11.8 Å². The summed E-state index contributed by atoms with van der Waals surface area (Å²) < 4.78 is 28.0. The highest BCUT2D eigenvalue weighted by atomic mass is 19.1. The van der Waals surface area contributed by atoms with Gasteiger partial charge >= 0.3 is 0 Å². The largest absolute Gasteiger partial charge is 0.368 e. The molecule has 8 aromatic heterocycles. The summed E-state index contributed by atoms with van der Waals surface area (Å²) in [6.07, 6.45) is 14.1. The van der Waals surface area contributed by atoms with E-state index in [0.717, 1.165) is 40.0 Å². The van der Waals surface area contributed by atoms with Crippen molar-refractivity contribution in [1.29, 1.82) is 10.5 Å². The first-order valence-corrected chi connectivity index (χ1v) is 26.4. The Balaban J connectivity index is 0.000000194. The first kappa shape index (κ1) is 55.6. The first-order valence-electron chi connectivity index (χ1n) is 26.4. The summed E-state index contributed by atoms with van der Waals surface area (Å²) in [7, 11) is 3.14. The zero-order chi connectivity index (χ0) is 56.6. The Bertz CT molecular complexity index is 3290. The fourth-order valence-electron chi connectivity index (χ4n) is 10.3. The number of hydrogen-bond donors (Lipinski definition) is 6. The number of nitriles is 2. The second-order valence-electron chi connectivity index (χ2n) is 20.4. The summed E-state index contributed by atoms with van der Waals surface area (Å²) >= 11 is 0. The molecule has 2 atom stereocenters. The van der Waals surface area contributed by atoms with Crippen molar-refractivity contribution in [2.45, 2.75) is 121 Å². The number of aromatic nitrogens is 12. The lowest BCUT2D eigenvalue weighted by molar-refractivity contribution is -0.149. The van der Waals surface area contributed by atoms with E-state index in [4.69, 9.17) is 19.4 Å². The number of aryl methyl sites for hydroxylation is 3. The van der Waals surface area contributed by atoms with E-state index in [2.05, 4.69) is 74.0 Å². The lowest BCUT2D eigenvalue weighted by Crippen LogP contribution is -2.50. The highest BCUT2D eigenvalue weighted by molar-refractivity contribution is 5.86. The normalized spacial score (nSPS) is 19.5. The SMILES string of the molecule is COC1(C(=O)N[C@@H](C)c2ccc(-n3cc(C)cn3)nc2)CCC(c2nc(Nc3cc(C)[nH]n3)ccc2C#N)CC1.COC1(C(=O)N[C@@H](C)c2ccc(-n3cc(F)cn3)nc2)CCC(c2nc(Nc3cc(C)[nH]n3)ccc2C#N)CC1. The highest BCUT2D eigenvalue weighted by Crippen LogP contribution is 2.43. The molecule has 6 N–H and O–H groups in total. The van der Waals surface area contributed by atoms with Crippen molar-refractivity contribution in [2.24, 2.45) is 0 Å². The number of anilines is 4. The van der Waals surface area contributed by atoms with Crippen LogP contribution in [0.25, 0.3) is 11.6 Å². The summed E-state index contributed by atoms with van der Waals surface area (Å²) in [5.74, 6) is 2.98. The van der Waals surface area contributed by atoms with Gasteiger partial charge < -0.3 is 30.7 Å². The number of H-pyrrole nitrogens is 2. The topological polar surface area (TPSA) is 293 Å². The van der Waals surface area contributed by atoms with Crippen LogP contribution in [0.1, 0.15) is 140 Å². The zero-order valence-electron chi connectivity index (χ0n) is 45.6. The molecule has 2 fully saturated rings. The minimum atomic E-state index is -0.986. The van der Waals surface area contributed by atoms with Crippen LogP contribution >= 0.6 is 0 Å². The monoisotopic (exact) mass is 1080 g/mol. The van der Waals surface area contributed by atoms with Crippen LogP contribution in [0.4, 0.5) is 27.7 Å². The van der Waals surface area contributed by atoms with Gasteiger partial charge in [0.1, 0.15) is 35.0 Å². The number of ether oxygens (including phenoxy) is 2. The Hall–Kier alpha value is -9.19. The molecule has 0 radical (unpaired) electrons. The molecule has 0 bridgehead atoms. The molecule has 0 aliphatic heterocycles. The van der Waals surface area contributed by atoms with Crippen molar-refractivity contribution >= 4 is 35.1 Å². The van der Waals surface area contributed by atoms with Crippen LogP contribution in [0, 0.1) is 49.3 Å². The standard InChI is InChI=1S/C29H33N9O2.C28H30FN9O2/c1-18-15-32-38(17-18)26-8-6-23(16-31-26)20(3)33-28(39)29(40-4)11-9-21(10-12-29)27-22(14-30)5-7-24(35-27)34-25-13-19(2)36-37-25;1-17-12-24(37-36-17)34-23-6-4-20(13-30)26(35-23)19-8-10-28(40-3,11-9-19)27(39)33-18(2)21-5-7-25(31-14-21)38-16-22(29)15-32-38/h5-8,13,15-17,20-21H,9-12H2,1-4H3,(H,33,39)(H2,34,35,36,37);4-7,12,14-16,18-19H,8-11H2,1-3H3,(H,33,39)(H2,34,35,36,37)/t20-,21?,29?;18-,19?,28?/m00/s1. The molecule has 2 aliphatic carbocycles. The summed E-state index contributed by atoms with van der Waals surface area (Å²) in [5.41, 5.74) is 5.17. The number of carbonyl (C=O) groups is 2. The number of nitrogens with one attached hydrogen (secondary N) is 6. The average molecular weight is 1080 g/mol. The minimum Gasteiger partial charge on any atom is -0.368 e. The van der Waals surface area contributed by atoms with E-state index in [-0.39, 0.29) is 35.7 Å². The summed E-state index contributed by atoms with van der Waals surface area (Å²) in [6.45, 7) is 9.62. The van der Waals surface area contributed by atoms with Crippen LogP contribution in [0.5, 0.6) is 0 Å². The van der Waals surface area contributed by atoms with Crippen LogP contribution in [0.15, 0.2) is 97.8 Å². The van der Waals surface area contributed by atoms with Crippen molar-refractivity contribution in [3.05, 3.63) is 154 Å². The van der Waals surface area contributed by atoms with E-state index >= 15 is 0 Å². The Morgan fingerprint density at radius 3 is 1.41 bits per heavy atom. The number of halogens is 1. The Morgan fingerprint density at radius 1 is 0.637 bits per heavy atom. The second kappa shape index (κ2) is 24.2. The Morgan fingerprint density at radius 2 is 1.07 bits per heavy atom. The maximum Gasteiger partial charge on any atom is 0.252 e. The van der Waals surface area contributed by atoms with Crippen molar-refractivity contribution in [2.75, 3.05) is 24.9 Å². The molecule has 8 heterocycles. The average Bonchev–Trinajstić information content (AvgIpc) is 4.36. The molecule has 0 spiro atoms. The molecule has 10 rings (SSSR count). The third-order valence-corrected chi connectivity index (χ3v) is 15.0. The lowest BCUT2D eigenvalue weighted by Gasteiger charge is -2.38. The summed E-state index contributed by atoms with van der Waals surface area (Å²) in [4.78, 5) is 45.3. The molecule has 22 nitrogen and oxygen atoms in total. The van der Waals surface area contributed by atoms with Crippen LogP contribution in [0.3, 0.4) is 0 Å². The number of amides is 2. The number of carbonyl (C=O) groups excluding carboxylic acids is 2. The third kappa shape index (κ3) is 12.5. The van der Waals surface area contributed by atoms with Crippen molar-refractivity contribution < 1.29 is 23.5 Å². The lowest BCUT2D eigenvalue weighted by atomic mass is 9.76. The van der Waals surface area contributed by atoms with Crippen LogP contribution in [-0.4, -0.2) is 97.1 Å². The van der Waals surface area contributed by atoms with Gasteiger partial charge in [-0.2, -0.15) is 30.9 Å². The molecule has 0 saturated heterocycles. The fourth-order valence-corrected chi connectivity index (χ4v) is 10.3. The zero-order valence-corrected chi connectivity index (χ0v) is 45.6. The van der Waals surface area contributed by atoms with E-state index in [9.17, 15) is 24.5 Å². The van der Waals surface area contributed by atoms with Crippen LogP contribution < -0.4 is 21.3 Å². The van der Waals surface area contributed by atoms with Gasteiger partial charge in [-0.15, -0.1) is 0 Å². The first-order chi connectivity index (χ1) is 38.6. The van der Waals surface area contributed by atoms with Crippen molar-refractivity contribution in [3.8, 4) is 23.8 Å². The molecule has 2 aliphatic rings. The second-order valence-corrected chi connectivity index (χ2v) is 20.4. The molecule has 23 heteroatoms. The highest BCUT2D eigenvalue weighted by Gasteiger charge is 2.45. The number of rotatable bonds is 16. The number of methoxy groups -OCH3 is 2. The van der Waals surface area contributed by atoms with E-state index in [1.807, 2.05) is 71.1 Å². The molecule has 8 aromatic rings. The Kier molecular flexibility index (Phi) is 16.8. The minimum absolute atomic E-state index is 0.00898. The van der Waals surface area contributed by atoms with Gasteiger partial charge in [-0.3, -0.25) is 19.8 Å².